The van der Waals surface area contributed by atoms with Crippen LogP contribution < -0.4 is 5.32 Å². The fourth-order valence-electron chi connectivity index (χ4n) is 1.35. The molecule has 0 amide bonds. The lowest BCUT2D eigenvalue weighted by molar-refractivity contribution is 0.166. The monoisotopic (exact) mass is 193 g/mol. The van der Waals surface area contributed by atoms with E-state index in [0.717, 1.165) is 18.5 Å². The van der Waals surface area contributed by atoms with Crippen molar-refractivity contribution in [1.82, 2.24) is 5.32 Å². The average Bonchev–Trinajstić information content (AvgIpc) is 2.18. The Morgan fingerprint density at radius 1 is 1.21 bits per heavy atom. The molecule has 2 N–H and O–H groups in total. The molecule has 0 aromatic heterocycles. The lowest BCUT2D eigenvalue weighted by atomic mass is 10.1. The summed E-state index contributed by atoms with van der Waals surface area (Å²) >= 11 is 0. The Hall–Kier alpha value is -0.860. The largest absolute Gasteiger partial charge is 0.388 e. The summed E-state index contributed by atoms with van der Waals surface area (Å²) in [5.41, 5.74) is 0.998. The predicted octanol–water partition coefficient (Wildman–Crippen LogP) is 2.11. The molecule has 1 atom stereocenters. The van der Waals surface area contributed by atoms with Crippen LogP contribution in [0.15, 0.2) is 30.3 Å². The summed E-state index contributed by atoms with van der Waals surface area (Å²) in [4.78, 5) is 0. The van der Waals surface area contributed by atoms with Gasteiger partial charge >= 0.3 is 0 Å². The number of rotatable bonds is 5. The van der Waals surface area contributed by atoms with Crippen molar-refractivity contribution in [2.24, 2.45) is 0 Å². The Kier molecular flexibility index (Phi) is 4.63. The molecule has 2 nitrogen and oxygen atoms in total. The smallest absolute Gasteiger partial charge is 0.0802 e. The van der Waals surface area contributed by atoms with E-state index in [9.17, 15) is 5.11 Å². The molecular formula is C12H19NO. The highest BCUT2D eigenvalue weighted by Gasteiger charge is 2.05. The van der Waals surface area contributed by atoms with Gasteiger partial charge in [0, 0.05) is 6.04 Å². The zero-order valence-corrected chi connectivity index (χ0v) is 8.90. The molecule has 78 valence electrons. The molecule has 1 rings (SSSR count). The normalized spacial score (nSPS) is 13.1. The van der Waals surface area contributed by atoms with Crippen LogP contribution in [-0.4, -0.2) is 17.7 Å². The SMILES string of the molecule is CC(C)NCC[C@@H](O)c1ccccc1. The molecule has 0 saturated heterocycles. The van der Waals surface area contributed by atoms with E-state index in [2.05, 4.69) is 19.2 Å². The Balaban J connectivity index is 2.32. The van der Waals surface area contributed by atoms with Crippen molar-refractivity contribution in [3.63, 3.8) is 0 Å². The minimum Gasteiger partial charge on any atom is -0.388 e. The molecule has 14 heavy (non-hydrogen) atoms. The minimum absolute atomic E-state index is 0.345. The van der Waals surface area contributed by atoms with Gasteiger partial charge in [-0.1, -0.05) is 44.2 Å². The van der Waals surface area contributed by atoms with Crippen molar-refractivity contribution in [3.05, 3.63) is 35.9 Å². The first-order valence-corrected chi connectivity index (χ1v) is 5.16. The second-order valence-electron chi connectivity index (χ2n) is 3.82. The van der Waals surface area contributed by atoms with E-state index in [0.29, 0.717) is 6.04 Å². The van der Waals surface area contributed by atoms with Gasteiger partial charge in [0.05, 0.1) is 6.10 Å². The molecule has 0 aliphatic carbocycles. The first kappa shape index (κ1) is 11.2. The molecular weight excluding hydrogens is 174 g/mol. The van der Waals surface area contributed by atoms with Gasteiger partial charge in [0.25, 0.3) is 0 Å². The van der Waals surface area contributed by atoms with Gasteiger partial charge < -0.3 is 10.4 Å². The van der Waals surface area contributed by atoms with Crippen molar-refractivity contribution in [1.29, 1.82) is 0 Å². The number of hydrogen-bond donors (Lipinski definition) is 2. The maximum absolute atomic E-state index is 9.79. The van der Waals surface area contributed by atoms with Crippen molar-refractivity contribution >= 4 is 0 Å². The third-order valence-electron chi connectivity index (χ3n) is 2.15. The second-order valence-corrected chi connectivity index (χ2v) is 3.82. The van der Waals surface area contributed by atoms with Crippen LogP contribution in [0.3, 0.4) is 0 Å². The zero-order chi connectivity index (χ0) is 10.4. The molecule has 0 saturated carbocycles. The summed E-state index contributed by atoms with van der Waals surface area (Å²) < 4.78 is 0. The van der Waals surface area contributed by atoms with Crippen molar-refractivity contribution in [3.8, 4) is 0 Å². The minimum atomic E-state index is -0.345. The standard InChI is InChI=1S/C12H19NO/c1-10(2)13-9-8-12(14)11-6-4-3-5-7-11/h3-7,10,12-14H,8-9H2,1-2H3/t12-/m1/s1. The molecule has 0 aliphatic heterocycles. The molecule has 0 heterocycles. The fourth-order valence-corrected chi connectivity index (χ4v) is 1.35. The number of hydrogen-bond acceptors (Lipinski definition) is 2. The second kappa shape index (κ2) is 5.78. The van der Waals surface area contributed by atoms with Crippen LogP contribution in [-0.2, 0) is 0 Å². The maximum Gasteiger partial charge on any atom is 0.0802 e. The molecule has 1 aromatic carbocycles. The van der Waals surface area contributed by atoms with Crippen LogP contribution in [0.4, 0.5) is 0 Å². The van der Waals surface area contributed by atoms with E-state index in [-0.39, 0.29) is 6.10 Å². The van der Waals surface area contributed by atoms with Gasteiger partial charge in [0.1, 0.15) is 0 Å². The lowest BCUT2D eigenvalue weighted by Crippen LogP contribution is -2.24. The molecule has 0 fully saturated rings. The summed E-state index contributed by atoms with van der Waals surface area (Å²) in [6, 6.07) is 10.3. The average molecular weight is 193 g/mol. The first-order chi connectivity index (χ1) is 6.70. The highest BCUT2D eigenvalue weighted by Crippen LogP contribution is 2.14. The van der Waals surface area contributed by atoms with Crippen LogP contribution >= 0.6 is 0 Å². The van der Waals surface area contributed by atoms with Gasteiger partial charge in [0.15, 0.2) is 0 Å². The third kappa shape index (κ3) is 3.90. The van der Waals surface area contributed by atoms with E-state index in [1.54, 1.807) is 0 Å². The highest BCUT2D eigenvalue weighted by molar-refractivity contribution is 5.17. The van der Waals surface area contributed by atoms with Gasteiger partial charge in [-0.3, -0.25) is 0 Å². The highest BCUT2D eigenvalue weighted by atomic mass is 16.3. The molecule has 1 aromatic rings. The van der Waals surface area contributed by atoms with Crippen LogP contribution in [0, 0.1) is 0 Å². The van der Waals surface area contributed by atoms with Crippen molar-refractivity contribution < 1.29 is 5.11 Å². The summed E-state index contributed by atoms with van der Waals surface area (Å²) in [5, 5.41) is 13.1. The molecule has 2 heteroatoms. The summed E-state index contributed by atoms with van der Waals surface area (Å²) in [7, 11) is 0. The van der Waals surface area contributed by atoms with Crippen LogP contribution in [0.1, 0.15) is 31.9 Å². The molecule has 0 aliphatic rings. The molecule has 0 unspecified atom stereocenters. The van der Waals surface area contributed by atoms with E-state index < -0.39 is 0 Å². The Morgan fingerprint density at radius 2 is 1.86 bits per heavy atom. The van der Waals surface area contributed by atoms with Crippen molar-refractivity contribution in [2.45, 2.75) is 32.4 Å². The number of aliphatic hydroxyl groups is 1. The van der Waals surface area contributed by atoms with Crippen molar-refractivity contribution in [2.75, 3.05) is 6.54 Å². The Bertz CT molecular complexity index is 246. The quantitative estimate of drug-likeness (QED) is 0.750. The van der Waals surface area contributed by atoms with E-state index >= 15 is 0 Å². The van der Waals surface area contributed by atoms with Gasteiger partial charge in [-0.2, -0.15) is 0 Å². The summed E-state index contributed by atoms with van der Waals surface area (Å²) in [5.74, 6) is 0. The van der Waals surface area contributed by atoms with E-state index in [4.69, 9.17) is 0 Å². The van der Waals surface area contributed by atoms with Crippen LogP contribution in [0.5, 0.6) is 0 Å². The summed E-state index contributed by atoms with van der Waals surface area (Å²) in [6.45, 7) is 5.07. The van der Waals surface area contributed by atoms with E-state index in [1.165, 1.54) is 0 Å². The van der Waals surface area contributed by atoms with Gasteiger partial charge in [-0.05, 0) is 18.5 Å². The molecule has 0 radical (unpaired) electrons. The zero-order valence-electron chi connectivity index (χ0n) is 8.90. The van der Waals surface area contributed by atoms with E-state index in [1.807, 2.05) is 30.3 Å². The first-order valence-electron chi connectivity index (χ1n) is 5.16. The van der Waals surface area contributed by atoms with Gasteiger partial charge in [-0.15, -0.1) is 0 Å². The van der Waals surface area contributed by atoms with Crippen LogP contribution in [0.2, 0.25) is 0 Å². The topological polar surface area (TPSA) is 32.3 Å². The van der Waals surface area contributed by atoms with Gasteiger partial charge in [0.2, 0.25) is 0 Å². The third-order valence-corrected chi connectivity index (χ3v) is 2.15. The number of benzene rings is 1. The molecule has 0 spiro atoms. The Morgan fingerprint density at radius 3 is 2.43 bits per heavy atom. The maximum atomic E-state index is 9.79. The molecule has 0 bridgehead atoms. The number of aliphatic hydroxyl groups excluding tert-OH is 1. The van der Waals surface area contributed by atoms with Gasteiger partial charge in [-0.25, -0.2) is 0 Å². The fraction of sp³-hybridized carbons (Fsp3) is 0.500. The number of nitrogens with one attached hydrogen (secondary N) is 1. The summed E-state index contributed by atoms with van der Waals surface area (Å²) in [6.07, 6.45) is 0.421. The van der Waals surface area contributed by atoms with Crippen LogP contribution in [0.25, 0.3) is 0 Å². The Labute approximate surface area is 86.0 Å². The lowest BCUT2D eigenvalue weighted by Gasteiger charge is -2.12. The predicted molar refractivity (Wildman–Crippen MR) is 59.2 cm³/mol.